The van der Waals surface area contributed by atoms with Crippen LogP contribution in [0.5, 0.6) is 5.75 Å². The van der Waals surface area contributed by atoms with Gasteiger partial charge in [-0.25, -0.2) is 9.67 Å². The van der Waals surface area contributed by atoms with Gasteiger partial charge in [-0.15, -0.1) is 5.10 Å². The molecule has 7 nitrogen and oxygen atoms in total. The molecule has 0 aliphatic rings. The zero-order valence-corrected chi connectivity index (χ0v) is 17.7. The lowest BCUT2D eigenvalue weighted by Gasteiger charge is -2.13. The topological polar surface area (TPSA) is 69.8 Å². The maximum absolute atomic E-state index is 13.4. The average molecular weight is 442 g/mol. The Bertz CT molecular complexity index is 1240. The van der Waals surface area contributed by atoms with Crippen LogP contribution >= 0.6 is 0 Å². The van der Waals surface area contributed by atoms with Crippen LogP contribution in [0, 0.1) is 6.92 Å². The molecule has 0 aliphatic heterocycles. The molecule has 166 valence electrons. The summed E-state index contributed by atoms with van der Waals surface area (Å²) in [6.07, 6.45) is -0.920. The molecule has 0 atom stereocenters. The van der Waals surface area contributed by atoms with Gasteiger partial charge in [0.2, 0.25) is 5.95 Å². The van der Waals surface area contributed by atoms with Gasteiger partial charge in [-0.1, -0.05) is 12.1 Å². The summed E-state index contributed by atoms with van der Waals surface area (Å²) in [4.78, 5) is 8.68. The third kappa shape index (κ3) is 4.16. The summed E-state index contributed by atoms with van der Waals surface area (Å²) in [6.45, 7) is 4.15. The molecule has 0 amide bonds. The fourth-order valence-electron chi connectivity index (χ4n) is 3.32. The number of para-hydroxylation sites is 1. The Labute approximate surface area is 182 Å². The predicted octanol–water partition coefficient (Wildman–Crippen LogP) is 5.23. The number of anilines is 2. The molecule has 10 heteroatoms. The van der Waals surface area contributed by atoms with Crippen LogP contribution in [0.4, 0.5) is 24.8 Å². The molecule has 0 spiro atoms. The summed E-state index contributed by atoms with van der Waals surface area (Å²) >= 11 is 0. The Balaban J connectivity index is 1.70. The molecule has 0 fully saturated rings. The molecule has 32 heavy (non-hydrogen) atoms. The first-order chi connectivity index (χ1) is 15.3. The summed E-state index contributed by atoms with van der Waals surface area (Å²) in [5, 5.41) is 7.24. The third-order valence-electron chi connectivity index (χ3n) is 4.88. The van der Waals surface area contributed by atoms with Crippen LogP contribution in [0.1, 0.15) is 18.2 Å². The van der Waals surface area contributed by atoms with Crippen molar-refractivity contribution in [3.63, 3.8) is 0 Å². The summed E-state index contributed by atoms with van der Waals surface area (Å²) in [6, 6.07) is 10.7. The second-order valence-electron chi connectivity index (χ2n) is 7.05. The smallest absolute Gasteiger partial charge is 0.418 e. The number of aryl methyl sites for hydroxylation is 2. The lowest BCUT2D eigenvalue weighted by atomic mass is 10.1. The van der Waals surface area contributed by atoms with Crippen LogP contribution in [0.25, 0.3) is 17.1 Å². The monoisotopic (exact) mass is 442 g/mol. The van der Waals surface area contributed by atoms with Gasteiger partial charge in [-0.3, -0.25) is 0 Å². The van der Waals surface area contributed by atoms with E-state index in [2.05, 4.69) is 20.4 Å². The Morgan fingerprint density at radius 1 is 1.12 bits per heavy atom. The van der Waals surface area contributed by atoms with Gasteiger partial charge in [-0.05, 0) is 44.2 Å². The van der Waals surface area contributed by atoms with Gasteiger partial charge in [-0.2, -0.15) is 18.2 Å². The Morgan fingerprint density at radius 2 is 1.91 bits per heavy atom. The van der Waals surface area contributed by atoms with E-state index in [0.717, 1.165) is 17.4 Å². The molecule has 4 aromatic rings. The third-order valence-corrected chi connectivity index (χ3v) is 4.88. The minimum absolute atomic E-state index is 0.0861. The molecule has 0 saturated heterocycles. The number of hydrogen-bond donors (Lipinski definition) is 1. The number of nitrogens with zero attached hydrogens (tertiary/aromatic N) is 5. The lowest BCUT2D eigenvalue weighted by Crippen LogP contribution is -2.10. The first-order valence-corrected chi connectivity index (χ1v) is 9.87. The molecular weight excluding hydrogens is 421 g/mol. The molecule has 0 saturated carbocycles. The largest absolute Gasteiger partial charge is 0.495 e. The van der Waals surface area contributed by atoms with E-state index in [1.807, 2.05) is 36.7 Å². The molecule has 0 bridgehead atoms. The zero-order valence-electron chi connectivity index (χ0n) is 17.7. The molecule has 2 aromatic carbocycles. The van der Waals surface area contributed by atoms with Crippen molar-refractivity contribution in [3.8, 4) is 22.8 Å². The standard InChI is InChI=1S/C22H21F3N6O/c1-4-31-21(27-17-8-6-5-7-16(17)22(23,24)25)28-20(29-31)15-9-10-18(19(11-15)32-3)30-12-14(2)26-13-30/h5-13H,4H2,1-3H3,(H,27,28,29). The van der Waals surface area contributed by atoms with Crippen LogP contribution in [0.15, 0.2) is 55.0 Å². The van der Waals surface area contributed by atoms with Crippen molar-refractivity contribution in [1.82, 2.24) is 24.3 Å². The number of hydrogen-bond acceptors (Lipinski definition) is 5. The van der Waals surface area contributed by atoms with E-state index in [0.29, 0.717) is 23.7 Å². The van der Waals surface area contributed by atoms with Crippen molar-refractivity contribution in [2.45, 2.75) is 26.6 Å². The van der Waals surface area contributed by atoms with Gasteiger partial charge in [0.25, 0.3) is 0 Å². The summed E-state index contributed by atoms with van der Waals surface area (Å²) in [7, 11) is 1.56. The average Bonchev–Trinajstić information content (AvgIpc) is 3.39. The first-order valence-electron chi connectivity index (χ1n) is 9.87. The maximum atomic E-state index is 13.4. The van der Waals surface area contributed by atoms with E-state index in [-0.39, 0.29) is 11.6 Å². The van der Waals surface area contributed by atoms with E-state index in [1.54, 1.807) is 19.5 Å². The molecule has 2 aromatic heterocycles. The summed E-state index contributed by atoms with van der Waals surface area (Å²) in [5.41, 5.74) is 1.48. The van der Waals surface area contributed by atoms with Gasteiger partial charge in [0.1, 0.15) is 5.75 Å². The number of benzene rings is 2. The number of nitrogens with one attached hydrogen (secondary N) is 1. The van der Waals surface area contributed by atoms with Crippen LogP contribution in [0.3, 0.4) is 0 Å². The zero-order chi connectivity index (χ0) is 22.9. The van der Waals surface area contributed by atoms with E-state index >= 15 is 0 Å². The number of aromatic nitrogens is 5. The van der Waals surface area contributed by atoms with Gasteiger partial charge < -0.3 is 14.6 Å². The van der Waals surface area contributed by atoms with E-state index in [4.69, 9.17) is 4.74 Å². The number of methoxy groups -OCH3 is 1. The number of imidazole rings is 1. The minimum Gasteiger partial charge on any atom is -0.495 e. The molecule has 0 aliphatic carbocycles. The predicted molar refractivity (Wildman–Crippen MR) is 114 cm³/mol. The van der Waals surface area contributed by atoms with Crippen molar-refractivity contribution >= 4 is 11.6 Å². The number of alkyl halides is 3. The number of halogens is 3. The maximum Gasteiger partial charge on any atom is 0.418 e. The molecule has 0 unspecified atom stereocenters. The van der Waals surface area contributed by atoms with Crippen molar-refractivity contribution in [1.29, 1.82) is 0 Å². The molecule has 4 rings (SSSR count). The lowest BCUT2D eigenvalue weighted by molar-refractivity contribution is -0.136. The molecule has 1 N–H and O–H groups in total. The van der Waals surface area contributed by atoms with E-state index in [1.165, 1.54) is 22.9 Å². The second-order valence-corrected chi connectivity index (χ2v) is 7.05. The van der Waals surface area contributed by atoms with Gasteiger partial charge in [0, 0.05) is 18.3 Å². The van der Waals surface area contributed by atoms with Gasteiger partial charge >= 0.3 is 6.18 Å². The molecule has 0 radical (unpaired) electrons. The van der Waals surface area contributed by atoms with Crippen LogP contribution in [-0.4, -0.2) is 31.4 Å². The van der Waals surface area contributed by atoms with Crippen LogP contribution in [-0.2, 0) is 12.7 Å². The quantitative estimate of drug-likeness (QED) is 0.443. The van der Waals surface area contributed by atoms with E-state index < -0.39 is 11.7 Å². The van der Waals surface area contributed by atoms with Crippen molar-refractivity contribution in [2.75, 3.05) is 12.4 Å². The van der Waals surface area contributed by atoms with Crippen molar-refractivity contribution in [2.24, 2.45) is 0 Å². The highest BCUT2D eigenvalue weighted by atomic mass is 19.4. The fourth-order valence-corrected chi connectivity index (χ4v) is 3.32. The highest BCUT2D eigenvalue weighted by molar-refractivity contribution is 5.66. The van der Waals surface area contributed by atoms with Crippen molar-refractivity contribution < 1.29 is 17.9 Å². The van der Waals surface area contributed by atoms with Crippen LogP contribution < -0.4 is 10.1 Å². The number of rotatable bonds is 6. The fraction of sp³-hybridized carbons (Fsp3) is 0.227. The Morgan fingerprint density at radius 3 is 2.56 bits per heavy atom. The molecular formula is C22H21F3N6O. The SMILES string of the molecule is CCn1nc(-c2ccc(-n3cnc(C)c3)c(OC)c2)nc1Nc1ccccc1C(F)(F)F. The number of ether oxygens (including phenoxy) is 1. The van der Waals surface area contributed by atoms with E-state index in [9.17, 15) is 13.2 Å². The summed E-state index contributed by atoms with van der Waals surface area (Å²) < 4.78 is 49.0. The van der Waals surface area contributed by atoms with Gasteiger partial charge in [0.15, 0.2) is 5.82 Å². The van der Waals surface area contributed by atoms with Gasteiger partial charge in [0.05, 0.1) is 36.1 Å². The highest BCUT2D eigenvalue weighted by Gasteiger charge is 2.33. The second kappa shape index (κ2) is 8.37. The Hall–Kier alpha value is -3.82. The van der Waals surface area contributed by atoms with Crippen LogP contribution in [0.2, 0.25) is 0 Å². The minimum atomic E-state index is -4.49. The van der Waals surface area contributed by atoms with Crippen molar-refractivity contribution in [3.05, 3.63) is 66.2 Å². The Kier molecular flexibility index (Phi) is 5.60. The highest BCUT2D eigenvalue weighted by Crippen LogP contribution is 2.36. The summed E-state index contributed by atoms with van der Waals surface area (Å²) in [5.74, 6) is 1.17. The normalized spacial score (nSPS) is 11.6. The molecule has 2 heterocycles. The first kappa shape index (κ1) is 21.4.